The summed E-state index contributed by atoms with van der Waals surface area (Å²) in [6.07, 6.45) is 13.8. The summed E-state index contributed by atoms with van der Waals surface area (Å²) < 4.78 is 0. The molecule has 341 valence electrons. The molecule has 0 amide bonds. The zero-order chi connectivity index (χ0) is 46.6. The number of aromatic hydroxyl groups is 2. The van der Waals surface area contributed by atoms with Gasteiger partial charge in [0.2, 0.25) is 0 Å². The quantitative estimate of drug-likeness (QED) is 0.0802. The van der Waals surface area contributed by atoms with E-state index in [9.17, 15) is 10.2 Å². The summed E-state index contributed by atoms with van der Waals surface area (Å²) >= 11 is 0. The molecule has 0 aliphatic heterocycles. The number of hydrogen-bond donors (Lipinski definition) is 3. The fraction of sp³-hybridized carbons (Fsp3) is 0.145. The topological polar surface area (TPSA) is 102 Å². The molecule has 0 heterocycles. The normalized spacial score (nSPS) is 15.5. The molecular weight excluding hydrogens is 892 g/mol. The number of benzene rings is 9. The number of phenols is 2. The number of carbonyl (C=O) groups is 1. The van der Waals surface area contributed by atoms with E-state index in [2.05, 4.69) is 164 Å². The summed E-state index contributed by atoms with van der Waals surface area (Å²) in [6.45, 7) is 1.08. The monoisotopic (exact) mass is 943 g/mol. The van der Waals surface area contributed by atoms with Crippen LogP contribution in [0.4, 0.5) is 0 Å². The van der Waals surface area contributed by atoms with Crippen LogP contribution in [-0.4, -0.2) is 45.8 Å². The Morgan fingerprint density at radius 2 is 0.928 bits per heavy atom. The molecule has 0 bridgehead atoms. The zero-order valence-electron chi connectivity index (χ0n) is 38.4. The predicted molar refractivity (Wildman–Crippen MR) is 282 cm³/mol. The summed E-state index contributed by atoms with van der Waals surface area (Å²) in [5.74, 6) is -0.371. The van der Waals surface area contributed by atoms with Gasteiger partial charge in [-0.1, -0.05) is 183 Å². The number of fused-ring (bicyclic) bond motifs is 4. The van der Waals surface area contributed by atoms with Gasteiger partial charge in [0.15, 0.2) is 0 Å². The van der Waals surface area contributed by atoms with Crippen LogP contribution in [0.25, 0.3) is 76.8 Å². The van der Waals surface area contributed by atoms with Gasteiger partial charge in [0.25, 0.3) is 5.97 Å². The average Bonchev–Trinajstić information content (AvgIpc) is 3.38. The molecule has 9 aromatic rings. The molecule has 1 fully saturated rings. The number of hydrogen-bond acceptors (Lipinski definition) is 5. The number of allylic oxidation sites excluding steroid dienone is 2. The van der Waals surface area contributed by atoms with Gasteiger partial charge in [-0.25, -0.2) is 0 Å². The molecule has 1 saturated carbocycles. The van der Waals surface area contributed by atoms with Crippen LogP contribution in [0.15, 0.2) is 192 Å². The zero-order valence-corrected chi connectivity index (χ0v) is 39.6. The number of aliphatic imine (C=N–C) groups is 2. The minimum absolute atomic E-state index is 0. The first-order valence-electron chi connectivity index (χ1n) is 23.5. The Morgan fingerprint density at radius 1 is 0.507 bits per heavy atom. The van der Waals surface area contributed by atoms with Crippen molar-refractivity contribution in [2.24, 2.45) is 9.98 Å². The fourth-order valence-corrected chi connectivity index (χ4v) is 10.3. The second-order valence-corrected chi connectivity index (χ2v) is 17.8. The number of carboxylic acids is 1. The van der Waals surface area contributed by atoms with E-state index in [4.69, 9.17) is 19.9 Å². The van der Waals surface area contributed by atoms with Crippen LogP contribution in [0.3, 0.4) is 0 Å². The first-order chi connectivity index (χ1) is 33.3. The van der Waals surface area contributed by atoms with Gasteiger partial charge in [-0.15, -0.1) is 0 Å². The van der Waals surface area contributed by atoms with Crippen LogP contribution in [0.2, 0.25) is 0 Å². The molecule has 69 heavy (non-hydrogen) atoms. The summed E-state index contributed by atoms with van der Waals surface area (Å²) in [7, 11) is 0. The summed E-state index contributed by atoms with van der Waals surface area (Å²) in [5.41, 5.74) is 12.1. The van der Waals surface area contributed by atoms with E-state index in [1.807, 2.05) is 30.6 Å². The largest absolute Gasteiger partial charge is 0.507 e. The Balaban J connectivity index is 0.00000114. The maximum Gasteiger partial charge on any atom is 0.300 e. The van der Waals surface area contributed by atoms with Crippen molar-refractivity contribution in [2.75, 3.05) is 0 Å². The summed E-state index contributed by atoms with van der Waals surface area (Å²) in [6, 6.07) is 58.8. The molecule has 2 aliphatic rings. The maximum absolute atomic E-state index is 12.5. The average molecular weight is 944 g/mol. The van der Waals surface area contributed by atoms with Gasteiger partial charge in [-0.2, -0.15) is 0 Å². The van der Waals surface area contributed by atoms with Crippen molar-refractivity contribution in [3.8, 4) is 56.0 Å². The first-order valence-corrected chi connectivity index (χ1v) is 23.5. The Hall–Kier alpha value is -7.57. The minimum Gasteiger partial charge on any atom is -0.507 e. The van der Waals surface area contributed by atoms with Gasteiger partial charge in [0.1, 0.15) is 11.5 Å². The van der Waals surface area contributed by atoms with Crippen LogP contribution >= 0.6 is 0 Å². The van der Waals surface area contributed by atoms with Gasteiger partial charge >= 0.3 is 0 Å². The van der Waals surface area contributed by atoms with Crippen LogP contribution in [0, 0.1) is 0 Å². The molecule has 11 rings (SSSR count). The molecule has 0 saturated heterocycles. The molecule has 2 atom stereocenters. The minimum atomic E-state index is -0.833. The number of carboxylic acid groups (broad SMARTS) is 1. The molecule has 3 N–H and O–H groups in total. The van der Waals surface area contributed by atoms with E-state index < -0.39 is 5.97 Å². The van der Waals surface area contributed by atoms with Crippen LogP contribution in [0.5, 0.6) is 11.5 Å². The summed E-state index contributed by atoms with van der Waals surface area (Å²) in [4.78, 5) is 19.5. The van der Waals surface area contributed by atoms with Gasteiger partial charge in [0, 0.05) is 64.2 Å². The predicted octanol–water partition coefficient (Wildman–Crippen LogP) is 14.8. The van der Waals surface area contributed by atoms with E-state index in [0.29, 0.717) is 11.1 Å². The summed E-state index contributed by atoms with van der Waals surface area (Å²) in [5, 5.41) is 38.7. The van der Waals surface area contributed by atoms with Gasteiger partial charge in [-0.3, -0.25) is 14.8 Å². The molecule has 2 unspecified atom stereocenters. The number of aliphatic carboxylic acids is 1. The Bertz CT molecular complexity index is 3430. The number of phenolic OH excluding ortho intramolecular Hbond substituents is 2. The number of rotatable bonds is 8. The van der Waals surface area contributed by atoms with Crippen LogP contribution < -0.4 is 0 Å². The van der Waals surface area contributed by atoms with Crippen molar-refractivity contribution in [2.45, 2.75) is 57.5 Å². The van der Waals surface area contributed by atoms with Crippen molar-refractivity contribution in [1.82, 2.24) is 0 Å². The van der Waals surface area contributed by atoms with Crippen molar-refractivity contribution in [3.63, 3.8) is 0 Å². The Labute approximate surface area is 413 Å². The fourth-order valence-electron chi connectivity index (χ4n) is 10.3. The van der Waals surface area contributed by atoms with Crippen molar-refractivity contribution in [1.29, 1.82) is 0 Å². The third-order valence-electron chi connectivity index (χ3n) is 13.4. The third kappa shape index (κ3) is 9.49. The van der Waals surface area contributed by atoms with Crippen LogP contribution in [0.1, 0.15) is 54.9 Å². The molecule has 0 aromatic heterocycles. The van der Waals surface area contributed by atoms with Crippen LogP contribution in [-0.2, 0) is 34.7 Å². The number of nitrogens with zero attached hydrogens (tertiary/aromatic N) is 2. The molecule has 6 nitrogen and oxygen atoms in total. The van der Waals surface area contributed by atoms with E-state index in [-0.39, 0.29) is 40.7 Å². The standard InChI is InChI=1S/C60H48N2O2.C2H4O2.Mn/c63-59-45(35-43-23-9-13-27-49(43)57(59)55-47-25-11-7-21-41(47)31-33-51(55)39-17-3-1-4-18-39)37-61-53-29-15-16-30-54(53)62-38-46-36-44-24-10-14-28-50(44)58(60(46)64)56-48-26-12-8-22-42(48)32-34-52(56)40-19-5-2-6-20-40;1-2(3)4;/h1-14,17-21,23-25,27-28,31-38,53-54,63-64H,15-16,22,26,29-30H2;1H3,(H,3,4);. The SMILES string of the molecule is CC(=O)O.Oc1c(C=NC2CCCCC2N=Cc2cc3ccccc3c(-c3c(-c4ccccc4)ccc4ccccc34)c2O)cc2ccccc2c1-c1c(-c2ccccc2)ccc2c1CC=CC2.[Mn]. The Morgan fingerprint density at radius 3 is 1.46 bits per heavy atom. The first kappa shape index (κ1) is 46.5. The van der Waals surface area contributed by atoms with Crippen molar-refractivity contribution in [3.05, 3.63) is 204 Å². The molecule has 2 aliphatic carbocycles. The molecule has 7 heteroatoms. The second kappa shape index (κ2) is 20.7. The van der Waals surface area contributed by atoms with Gasteiger partial charge in [0.05, 0.1) is 12.1 Å². The van der Waals surface area contributed by atoms with E-state index in [0.717, 1.165) is 122 Å². The molecule has 0 spiro atoms. The van der Waals surface area contributed by atoms with Gasteiger partial charge < -0.3 is 15.3 Å². The molecular formula is C62H52MnN2O4. The third-order valence-corrected chi connectivity index (χ3v) is 13.4. The van der Waals surface area contributed by atoms with E-state index in [1.54, 1.807) is 0 Å². The van der Waals surface area contributed by atoms with E-state index >= 15 is 0 Å². The van der Waals surface area contributed by atoms with Crippen molar-refractivity contribution < 1.29 is 37.2 Å². The van der Waals surface area contributed by atoms with Gasteiger partial charge in [-0.05, 0) is 109 Å². The molecule has 1 radical (unpaired) electrons. The maximum atomic E-state index is 12.5. The Kier molecular flexibility index (Phi) is 14.0. The van der Waals surface area contributed by atoms with Crippen molar-refractivity contribution >= 4 is 50.7 Å². The molecule has 9 aromatic carbocycles. The second-order valence-electron chi connectivity index (χ2n) is 17.8. The van der Waals surface area contributed by atoms with E-state index in [1.165, 1.54) is 11.1 Å². The smallest absolute Gasteiger partial charge is 0.300 e.